The van der Waals surface area contributed by atoms with E-state index in [2.05, 4.69) is 10.2 Å². The van der Waals surface area contributed by atoms with E-state index in [1.165, 1.54) is 0 Å². The molecule has 0 amide bonds. The zero-order chi connectivity index (χ0) is 11.7. The molecule has 5 nitrogen and oxygen atoms in total. The molecular weight excluding hydrogens is 226 g/mol. The fourth-order valence-corrected chi connectivity index (χ4v) is 1.85. The van der Waals surface area contributed by atoms with Crippen LogP contribution in [0.5, 0.6) is 0 Å². The highest BCUT2D eigenvalue weighted by Crippen LogP contribution is 2.19. The summed E-state index contributed by atoms with van der Waals surface area (Å²) >= 11 is 6.14. The fourth-order valence-electron chi connectivity index (χ4n) is 1.61. The molecule has 0 aliphatic rings. The summed E-state index contributed by atoms with van der Waals surface area (Å²) in [7, 11) is 1.83. The molecule has 86 valence electrons. The van der Waals surface area contributed by atoms with Crippen LogP contribution in [0.3, 0.4) is 0 Å². The molecule has 2 N–H and O–H groups in total. The quantitative estimate of drug-likeness (QED) is 0.872. The molecule has 0 unspecified atom stereocenters. The van der Waals surface area contributed by atoms with Gasteiger partial charge in [0.25, 0.3) is 0 Å². The van der Waals surface area contributed by atoms with Gasteiger partial charge in [-0.05, 0) is 6.92 Å². The second-order valence-electron chi connectivity index (χ2n) is 3.73. The van der Waals surface area contributed by atoms with Crippen molar-refractivity contribution in [1.82, 2.24) is 19.6 Å². The van der Waals surface area contributed by atoms with Crippen molar-refractivity contribution < 1.29 is 0 Å². The first-order valence-electron chi connectivity index (χ1n) is 5.01. The monoisotopic (exact) mass is 239 g/mol. The summed E-state index contributed by atoms with van der Waals surface area (Å²) in [5.41, 5.74) is 8.46. The highest BCUT2D eigenvalue weighted by atomic mass is 35.5. The zero-order valence-corrected chi connectivity index (χ0v) is 10.1. The SMILES string of the molecule is Cc1nn(C)c(Cl)c1Cn1cc(CN)cn1. The van der Waals surface area contributed by atoms with Crippen molar-refractivity contribution in [2.24, 2.45) is 12.8 Å². The molecule has 0 bridgehead atoms. The number of nitrogens with zero attached hydrogens (tertiary/aromatic N) is 4. The average molecular weight is 240 g/mol. The molecule has 2 heterocycles. The summed E-state index contributed by atoms with van der Waals surface area (Å²) in [6.45, 7) is 3.06. The summed E-state index contributed by atoms with van der Waals surface area (Å²) in [5.74, 6) is 0. The number of aromatic nitrogens is 4. The van der Waals surface area contributed by atoms with Crippen molar-refractivity contribution in [3.63, 3.8) is 0 Å². The third-order valence-electron chi connectivity index (χ3n) is 2.51. The molecule has 0 aliphatic heterocycles. The van der Waals surface area contributed by atoms with Gasteiger partial charge in [-0.25, -0.2) is 0 Å². The Labute approximate surface area is 98.8 Å². The van der Waals surface area contributed by atoms with Crippen molar-refractivity contribution in [2.45, 2.75) is 20.0 Å². The first-order valence-corrected chi connectivity index (χ1v) is 5.39. The van der Waals surface area contributed by atoms with Gasteiger partial charge in [-0.2, -0.15) is 10.2 Å². The average Bonchev–Trinajstić information content (AvgIpc) is 2.80. The maximum atomic E-state index is 6.14. The number of aryl methyl sites for hydroxylation is 2. The van der Waals surface area contributed by atoms with Crippen molar-refractivity contribution in [3.8, 4) is 0 Å². The van der Waals surface area contributed by atoms with E-state index in [4.69, 9.17) is 17.3 Å². The molecule has 0 saturated heterocycles. The molecule has 0 atom stereocenters. The van der Waals surface area contributed by atoms with Crippen LogP contribution in [0.15, 0.2) is 12.4 Å². The molecule has 2 rings (SSSR count). The van der Waals surface area contributed by atoms with Gasteiger partial charge in [-0.1, -0.05) is 11.6 Å². The van der Waals surface area contributed by atoms with E-state index in [0.717, 1.165) is 16.8 Å². The maximum absolute atomic E-state index is 6.14. The Balaban J connectivity index is 2.26. The van der Waals surface area contributed by atoms with Crippen LogP contribution in [0.25, 0.3) is 0 Å². The Morgan fingerprint density at radius 1 is 1.50 bits per heavy atom. The van der Waals surface area contributed by atoms with E-state index >= 15 is 0 Å². The van der Waals surface area contributed by atoms with Crippen LogP contribution >= 0.6 is 11.6 Å². The number of nitrogens with two attached hydrogens (primary N) is 1. The van der Waals surface area contributed by atoms with Crippen LogP contribution in [0.1, 0.15) is 16.8 Å². The predicted molar refractivity (Wildman–Crippen MR) is 62.2 cm³/mol. The molecule has 0 saturated carbocycles. The summed E-state index contributed by atoms with van der Waals surface area (Å²) in [5, 5.41) is 9.12. The molecular formula is C10H14ClN5. The smallest absolute Gasteiger partial charge is 0.132 e. The van der Waals surface area contributed by atoms with E-state index in [1.807, 2.05) is 24.9 Å². The molecule has 0 radical (unpaired) electrons. The molecule has 0 spiro atoms. The molecule has 16 heavy (non-hydrogen) atoms. The van der Waals surface area contributed by atoms with E-state index in [1.54, 1.807) is 10.9 Å². The molecule has 0 fully saturated rings. The maximum Gasteiger partial charge on any atom is 0.132 e. The Hall–Kier alpha value is -1.33. The number of rotatable bonds is 3. The van der Waals surface area contributed by atoms with Gasteiger partial charge in [0.05, 0.1) is 18.4 Å². The second kappa shape index (κ2) is 4.27. The van der Waals surface area contributed by atoms with Gasteiger partial charge >= 0.3 is 0 Å². The lowest BCUT2D eigenvalue weighted by atomic mass is 10.2. The lowest BCUT2D eigenvalue weighted by Crippen LogP contribution is -2.01. The van der Waals surface area contributed by atoms with Gasteiger partial charge in [-0.15, -0.1) is 0 Å². The number of halogens is 1. The Kier molecular flexibility index (Phi) is 2.98. The summed E-state index contributed by atoms with van der Waals surface area (Å²) in [4.78, 5) is 0. The van der Waals surface area contributed by atoms with Gasteiger partial charge in [0.1, 0.15) is 5.15 Å². The van der Waals surface area contributed by atoms with E-state index in [9.17, 15) is 0 Å². The highest BCUT2D eigenvalue weighted by Gasteiger charge is 2.11. The van der Waals surface area contributed by atoms with E-state index < -0.39 is 0 Å². The van der Waals surface area contributed by atoms with Crippen LogP contribution in [-0.4, -0.2) is 19.6 Å². The first kappa shape index (κ1) is 11.2. The van der Waals surface area contributed by atoms with Crippen molar-refractivity contribution in [1.29, 1.82) is 0 Å². The van der Waals surface area contributed by atoms with Crippen molar-refractivity contribution in [3.05, 3.63) is 34.4 Å². The molecule has 2 aromatic rings. The third kappa shape index (κ3) is 1.96. The molecule has 2 aromatic heterocycles. The minimum absolute atomic E-state index is 0.500. The Morgan fingerprint density at radius 3 is 2.75 bits per heavy atom. The standard InChI is InChI=1S/C10H14ClN5/c1-7-9(10(11)15(2)14-7)6-16-5-8(3-12)4-13-16/h4-5H,3,6,12H2,1-2H3. The summed E-state index contributed by atoms with van der Waals surface area (Å²) in [6.07, 6.45) is 3.68. The third-order valence-corrected chi connectivity index (χ3v) is 2.99. The van der Waals surface area contributed by atoms with Crippen molar-refractivity contribution in [2.75, 3.05) is 0 Å². The molecule has 0 aliphatic carbocycles. The van der Waals surface area contributed by atoms with E-state index in [-0.39, 0.29) is 0 Å². The predicted octanol–water partition coefficient (Wildman–Crippen LogP) is 1.09. The second-order valence-corrected chi connectivity index (χ2v) is 4.09. The minimum Gasteiger partial charge on any atom is -0.326 e. The van der Waals surface area contributed by atoms with Crippen LogP contribution in [0, 0.1) is 6.92 Å². The Bertz CT molecular complexity index is 499. The molecule has 6 heteroatoms. The largest absolute Gasteiger partial charge is 0.326 e. The lowest BCUT2D eigenvalue weighted by molar-refractivity contribution is 0.683. The Morgan fingerprint density at radius 2 is 2.25 bits per heavy atom. The lowest BCUT2D eigenvalue weighted by Gasteiger charge is -2.00. The normalized spacial score (nSPS) is 11.0. The van der Waals surface area contributed by atoms with Crippen LogP contribution < -0.4 is 5.73 Å². The van der Waals surface area contributed by atoms with Gasteiger partial charge in [0.2, 0.25) is 0 Å². The van der Waals surface area contributed by atoms with Gasteiger partial charge in [0, 0.05) is 30.9 Å². The van der Waals surface area contributed by atoms with Crippen LogP contribution in [-0.2, 0) is 20.1 Å². The fraction of sp³-hybridized carbons (Fsp3) is 0.400. The topological polar surface area (TPSA) is 61.7 Å². The summed E-state index contributed by atoms with van der Waals surface area (Å²) < 4.78 is 3.48. The number of hydrogen-bond donors (Lipinski definition) is 1. The highest BCUT2D eigenvalue weighted by molar-refractivity contribution is 6.30. The van der Waals surface area contributed by atoms with Crippen molar-refractivity contribution >= 4 is 11.6 Å². The minimum atomic E-state index is 0.500. The summed E-state index contributed by atoms with van der Waals surface area (Å²) in [6, 6.07) is 0. The first-order chi connectivity index (χ1) is 7.61. The van der Waals surface area contributed by atoms with E-state index in [0.29, 0.717) is 18.2 Å². The number of hydrogen-bond acceptors (Lipinski definition) is 3. The van der Waals surface area contributed by atoms with Crippen LogP contribution in [0.2, 0.25) is 5.15 Å². The van der Waals surface area contributed by atoms with Gasteiger partial charge < -0.3 is 5.73 Å². The van der Waals surface area contributed by atoms with Gasteiger partial charge in [-0.3, -0.25) is 9.36 Å². The zero-order valence-electron chi connectivity index (χ0n) is 9.31. The van der Waals surface area contributed by atoms with Gasteiger partial charge in [0.15, 0.2) is 0 Å². The molecule has 0 aromatic carbocycles. The van der Waals surface area contributed by atoms with Crippen LogP contribution in [0.4, 0.5) is 0 Å².